The highest BCUT2D eigenvalue weighted by molar-refractivity contribution is 5.09. The fraction of sp³-hybridized carbons (Fsp3) is 0.800. The average molecular weight is 166 g/mol. The summed E-state index contributed by atoms with van der Waals surface area (Å²) in [6.07, 6.45) is 4.65. The molecule has 1 aliphatic heterocycles. The van der Waals surface area contributed by atoms with Crippen LogP contribution in [0.5, 0.6) is 0 Å². The number of nitrogens with zero attached hydrogens (tertiary/aromatic N) is 1. The highest BCUT2D eigenvalue weighted by Gasteiger charge is 2.37. The van der Waals surface area contributed by atoms with E-state index < -0.39 is 0 Å². The summed E-state index contributed by atoms with van der Waals surface area (Å²) in [6.45, 7) is 4.60. The summed E-state index contributed by atoms with van der Waals surface area (Å²) in [7, 11) is 2.18. The Labute approximate surface area is 74.4 Å². The van der Waals surface area contributed by atoms with Gasteiger partial charge in [-0.05, 0) is 24.8 Å². The van der Waals surface area contributed by atoms with Crippen molar-refractivity contribution in [3.63, 3.8) is 0 Å². The van der Waals surface area contributed by atoms with E-state index in [0.29, 0.717) is 17.9 Å². The van der Waals surface area contributed by atoms with Gasteiger partial charge in [0.05, 0.1) is 0 Å². The summed E-state index contributed by atoms with van der Waals surface area (Å²) in [4.78, 5) is 2.39. The first-order valence-electron chi connectivity index (χ1n) is 4.81. The molecule has 0 aromatic rings. The van der Waals surface area contributed by atoms with E-state index >= 15 is 0 Å². The molecule has 68 valence electrons. The molecule has 0 spiro atoms. The van der Waals surface area contributed by atoms with E-state index in [4.69, 9.17) is 5.73 Å². The van der Waals surface area contributed by atoms with E-state index in [1.807, 2.05) is 0 Å². The Morgan fingerprint density at radius 3 is 2.83 bits per heavy atom. The van der Waals surface area contributed by atoms with Crippen molar-refractivity contribution in [2.45, 2.75) is 13.0 Å². The molecular weight excluding hydrogens is 148 g/mol. The molecule has 2 aliphatic rings. The van der Waals surface area contributed by atoms with Gasteiger partial charge in [-0.3, -0.25) is 0 Å². The van der Waals surface area contributed by atoms with E-state index in [0.717, 1.165) is 5.92 Å². The second-order valence-electron chi connectivity index (χ2n) is 4.37. The minimum Gasteiger partial charge on any atom is -0.327 e. The Hall–Kier alpha value is -0.340. The van der Waals surface area contributed by atoms with Crippen molar-refractivity contribution >= 4 is 0 Å². The number of likely N-dealkylation sites (tertiary alicyclic amines) is 1. The maximum atomic E-state index is 6.15. The Morgan fingerprint density at radius 1 is 1.33 bits per heavy atom. The van der Waals surface area contributed by atoms with Crippen LogP contribution in [0, 0.1) is 17.8 Å². The van der Waals surface area contributed by atoms with Crippen LogP contribution in [-0.4, -0.2) is 31.1 Å². The van der Waals surface area contributed by atoms with Gasteiger partial charge in [0.1, 0.15) is 0 Å². The zero-order valence-electron chi connectivity index (χ0n) is 7.90. The van der Waals surface area contributed by atoms with E-state index in [9.17, 15) is 0 Å². The molecule has 12 heavy (non-hydrogen) atoms. The minimum absolute atomic E-state index is 0.380. The van der Waals surface area contributed by atoms with Gasteiger partial charge in [0.15, 0.2) is 0 Å². The fourth-order valence-corrected chi connectivity index (χ4v) is 2.51. The Balaban J connectivity index is 2.16. The maximum absolute atomic E-state index is 6.15. The Bertz CT molecular complexity index is 200. The number of fused-ring (bicyclic) bond motifs is 1. The summed E-state index contributed by atoms with van der Waals surface area (Å²) < 4.78 is 0. The van der Waals surface area contributed by atoms with Crippen LogP contribution in [0.1, 0.15) is 6.92 Å². The van der Waals surface area contributed by atoms with E-state index in [-0.39, 0.29) is 0 Å². The number of hydrogen-bond acceptors (Lipinski definition) is 2. The van der Waals surface area contributed by atoms with Gasteiger partial charge in [0.25, 0.3) is 0 Å². The molecule has 0 saturated carbocycles. The van der Waals surface area contributed by atoms with Gasteiger partial charge < -0.3 is 10.6 Å². The summed E-state index contributed by atoms with van der Waals surface area (Å²) in [6, 6.07) is 0.380. The van der Waals surface area contributed by atoms with Crippen LogP contribution in [-0.2, 0) is 0 Å². The largest absolute Gasteiger partial charge is 0.327 e. The molecule has 2 heteroatoms. The van der Waals surface area contributed by atoms with E-state index in [2.05, 4.69) is 31.0 Å². The second kappa shape index (κ2) is 2.86. The third kappa shape index (κ3) is 1.19. The van der Waals surface area contributed by atoms with Crippen LogP contribution in [0.4, 0.5) is 0 Å². The van der Waals surface area contributed by atoms with Crippen molar-refractivity contribution in [2.75, 3.05) is 20.1 Å². The molecule has 0 radical (unpaired) electrons. The lowest BCUT2D eigenvalue weighted by molar-refractivity contribution is 0.312. The lowest BCUT2D eigenvalue weighted by Crippen LogP contribution is -2.41. The van der Waals surface area contributed by atoms with Gasteiger partial charge >= 0.3 is 0 Å². The molecule has 2 N–H and O–H groups in total. The highest BCUT2D eigenvalue weighted by Crippen LogP contribution is 2.32. The summed E-state index contributed by atoms with van der Waals surface area (Å²) in [5.74, 6) is 1.99. The van der Waals surface area contributed by atoms with Crippen molar-refractivity contribution in [3.8, 4) is 0 Å². The summed E-state index contributed by atoms with van der Waals surface area (Å²) >= 11 is 0. The van der Waals surface area contributed by atoms with Crippen LogP contribution in [0.25, 0.3) is 0 Å². The lowest BCUT2D eigenvalue weighted by Gasteiger charge is -2.30. The van der Waals surface area contributed by atoms with Gasteiger partial charge in [-0.2, -0.15) is 0 Å². The molecule has 1 aliphatic carbocycles. The fourth-order valence-electron chi connectivity index (χ4n) is 2.51. The van der Waals surface area contributed by atoms with Gasteiger partial charge in [-0.1, -0.05) is 19.1 Å². The molecule has 0 aromatic carbocycles. The van der Waals surface area contributed by atoms with Crippen molar-refractivity contribution in [1.29, 1.82) is 0 Å². The zero-order valence-corrected chi connectivity index (χ0v) is 7.90. The van der Waals surface area contributed by atoms with Crippen molar-refractivity contribution in [3.05, 3.63) is 12.2 Å². The van der Waals surface area contributed by atoms with Gasteiger partial charge in [-0.15, -0.1) is 0 Å². The monoisotopic (exact) mass is 166 g/mol. The lowest BCUT2D eigenvalue weighted by atomic mass is 9.78. The Morgan fingerprint density at radius 2 is 2.08 bits per heavy atom. The van der Waals surface area contributed by atoms with Crippen LogP contribution >= 0.6 is 0 Å². The molecule has 0 bridgehead atoms. The third-order valence-corrected chi connectivity index (χ3v) is 3.36. The van der Waals surface area contributed by atoms with Crippen LogP contribution in [0.2, 0.25) is 0 Å². The SMILES string of the molecule is CC1C=CC2CN(C)CC2C1N. The standard InChI is InChI=1S/C10H18N2/c1-7-3-4-8-5-12(2)6-9(8)10(7)11/h3-4,7-10H,5-6,11H2,1-2H3. The number of hydrogen-bond donors (Lipinski definition) is 1. The van der Waals surface area contributed by atoms with Gasteiger partial charge in [-0.25, -0.2) is 0 Å². The molecular formula is C10H18N2. The molecule has 2 nitrogen and oxygen atoms in total. The molecule has 0 aromatic heterocycles. The number of nitrogens with two attached hydrogens (primary N) is 1. The summed E-state index contributed by atoms with van der Waals surface area (Å²) in [5.41, 5.74) is 6.15. The number of rotatable bonds is 0. The van der Waals surface area contributed by atoms with Crippen LogP contribution < -0.4 is 5.73 Å². The second-order valence-corrected chi connectivity index (χ2v) is 4.37. The zero-order chi connectivity index (χ0) is 8.72. The molecule has 1 heterocycles. The average Bonchev–Trinajstić information content (AvgIpc) is 2.39. The predicted octanol–water partition coefficient (Wildman–Crippen LogP) is 0.697. The highest BCUT2D eigenvalue weighted by atomic mass is 15.1. The van der Waals surface area contributed by atoms with Crippen molar-refractivity contribution < 1.29 is 0 Å². The normalized spacial score (nSPS) is 47.9. The van der Waals surface area contributed by atoms with Crippen LogP contribution in [0.15, 0.2) is 12.2 Å². The molecule has 2 rings (SSSR count). The summed E-state index contributed by atoms with van der Waals surface area (Å²) in [5, 5.41) is 0. The Kier molecular flexibility index (Phi) is 1.97. The van der Waals surface area contributed by atoms with Crippen molar-refractivity contribution in [1.82, 2.24) is 4.90 Å². The molecule has 1 fully saturated rings. The van der Waals surface area contributed by atoms with E-state index in [1.54, 1.807) is 0 Å². The molecule has 4 unspecified atom stereocenters. The first-order chi connectivity index (χ1) is 5.68. The molecule has 4 atom stereocenters. The van der Waals surface area contributed by atoms with E-state index in [1.165, 1.54) is 13.1 Å². The maximum Gasteiger partial charge on any atom is 0.0146 e. The van der Waals surface area contributed by atoms with Crippen LogP contribution in [0.3, 0.4) is 0 Å². The predicted molar refractivity (Wildman–Crippen MR) is 50.8 cm³/mol. The molecule has 1 saturated heterocycles. The first-order valence-corrected chi connectivity index (χ1v) is 4.81. The first kappa shape index (κ1) is 8.27. The quantitative estimate of drug-likeness (QED) is 0.537. The van der Waals surface area contributed by atoms with Gasteiger partial charge in [0.2, 0.25) is 0 Å². The van der Waals surface area contributed by atoms with Crippen molar-refractivity contribution in [2.24, 2.45) is 23.5 Å². The molecule has 0 amide bonds. The minimum atomic E-state index is 0.380. The van der Waals surface area contributed by atoms with Gasteiger partial charge in [0, 0.05) is 19.1 Å². The topological polar surface area (TPSA) is 29.3 Å². The third-order valence-electron chi connectivity index (χ3n) is 3.36. The smallest absolute Gasteiger partial charge is 0.0146 e.